The molecule has 6 nitrogen and oxygen atoms in total. The van der Waals surface area contributed by atoms with E-state index < -0.39 is 18.1 Å². The van der Waals surface area contributed by atoms with Crippen molar-refractivity contribution >= 4 is 11.7 Å². The van der Waals surface area contributed by atoms with E-state index in [0.29, 0.717) is 18.6 Å². The maximum Gasteiger partial charge on any atom is 0.451 e. The van der Waals surface area contributed by atoms with Gasteiger partial charge in [0.05, 0.1) is 25.3 Å². The second-order valence-corrected chi connectivity index (χ2v) is 9.16. The molecule has 2 atom stereocenters. The molecule has 1 saturated heterocycles. The number of morpholine rings is 1. The number of aromatic nitrogens is 2. The van der Waals surface area contributed by atoms with Gasteiger partial charge in [-0.3, -0.25) is 4.90 Å². The first-order chi connectivity index (χ1) is 17.4. The minimum atomic E-state index is -4.59. The van der Waals surface area contributed by atoms with Gasteiger partial charge in [0.2, 0.25) is 5.82 Å². The molecule has 3 aromatic rings. The monoisotopic (exact) mass is 493 g/mol. The van der Waals surface area contributed by atoms with Gasteiger partial charge in [-0.15, -0.1) is 0 Å². The summed E-state index contributed by atoms with van der Waals surface area (Å²) >= 11 is 0. The fraction of sp³-hybridized carbons (Fsp3) is 0.296. The maximum absolute atomic E-state index is 13.3. The van der Waals surface area contributed by atoms with Gasteiger partial charge >= 0.3 is 12.3 Å². The summed E-state index contributed by atoms with van der Waals surface area (Å²) in [6.45, 7) is 0.818. The molecule has 6 rings (SSSR count). The quantitative estimate of drug-likeness (QED) is 0.496. The molecule has 0 N–H and O–H groups in total. The molecule has 0 spiro atoms. The molecule has 2 aliphatic heterocycles. The van der Waals surface area contributed by atoms with Crippen LogP contribution in [-0.4, -0.2) is 52.9 Å². The summed E-state index contributed by atoms with van der Waals surface area (Å²) in [7, 11) is 0. The molecule has 1 amide bonds. The van der Waals surface area contributed by atoms with E-state index >= 15 is 0 Å². The molecule has 3 heterocycles. The number of ether oxygens (including phenoxy) is 2. The van der Waals surface area contributed by atoms with Gasteiger partial charge in [0.1, 0.15) is 6.61 Å². The molecular weight excluding hydrogens is 471 g/mol. The largest absolute Gasteiger partial charge is 0.451 e. The fourth-order valence-corrected chi connectivity index (χ4v) is 5.40. The summed E-state index contributed by atoms with van der Waals surface area (Å²) in [6.07, 6.45) is -0.403. The number of rotatable bonds is 3. The molecule has 2 unspecified atom stereocenters. The summed E-state index contributed by atoms with van der Waals surface area (Å²) in [4.78, 5) is 21.9. The number of nitrogens with zero attached hydrogens (tertiary/aromatic N) is 3. The van der Waals surface area contributed by atoms with Gasteiger partial charge in [-0.05, 0) is 34.2 Å². The Balaban J connectivity index is 1.20. The van der Waals surface area contributed by atoms with Crippen LogP contribution in [0.5, 0.6) is 0 Å². The maximum atomic E-state index is 13.3. The molecule has 0 radical (unpaired) electrons. The zero-order valence-electron chi connectivity index (χ0n) is 19.1. The van der Waals surface area contributed by atoms with E-state index in [1.54, 1.807) is 4.90 Å². The van der Waals surface area contributed by atoms with Crippen molar-refractivity contribution < 1.29 is 27.4 Å². The highest BCUT2D eigenvalue weighted by Crippen LogP contribution is 2.44. The van der Waals surface area contributed by atoms with Gasteiger partial charge in [0, 0.05) is 23.9 Å². The third kappa shape index (κ3) is 3.93. The Morgan fingerprint density at radius 3 is 2.25 bits per heavy atom. The second kappa shape index (κ2) is 8.74. The third-order valence-corrected chi connectivity index (χ3v) is 7.02. The van der Waals surface area contributed by atoms with Crippen LogP contribution in [0.3, 0.4) is 0 Å². The number of benzene rings is 2. The van der Waals surface area contributed by atoms with Crippen LogP contribution in [-0.2, 0) is 15.7 Å². The van der Waals surface area contributed by atoms with Crippen molar-refractivity contribution in [1.82, 2.24) is 14.9 Å². The number of hydrogen-bond acceptors (Lipinski definition) is 5. The Hall–Kier alpha value is -3.72. The van der Waals surface area contributed by atoms with Crippen LogP contribution in [0.25, 0.3) is 16.7 Å². The Kier molecular flexibility index (Phi) is 5.52. The molecule has 1 aromatic heterocycles. The zero-order chi connectivity index (χ0) is 24.9. The van der Waals surface area contributed by atoms with Crippen molar-refractivity contribution in [2.45, 2.75) is 30.6 Å². The molecule has 1 aliphatic carbocycles. The molecule has 0 saturated carbocycles. The van der Waals surface area contributed by atoms with Gasteiger partial charge in [-0.2, -0.15) is 13.2 Å². The van der Waals surface area contributed by atoms with Gasteiger partial charge in [0.25, 0.3) is 0 Å². The van der Waals surface area contributed by atoms with Crippen LogP contribution < -0.4 is 0 Å². The smallest absolute Gasteiger partial charge is 0.448 e. The SMILES string of the molecule is O=C(OCC1c2ccccc2-c2ccccc21)N1C2C=C(c3cnc(C(F)(F)F)nc3)CC1COC2. The van der Waals surface area contributed by atoms with Crippen molar-refractivity contribution in [3.05, 3.63) is 89.5 Å². The highest BCUT2D eigenvalue weighted by molar-refractivity contribution is 5.79. The highest BCUT2D eigenvalue weighted by atomic mass is 19.4. The number of carbonyl (C=O) groups is 1. The van der Waals surface area contributed by atoms with Gasteiger partial charge in [-0.1, -0.05) is 54.6 Å². The number of hydrogen-bond donors (Lipinski definition) is 0. The first kappa shape index (κ1) is 22.7. The Bertz CT molecular complexity index is 1290. The van der Waals surface area contributed by atoms with E-state index in [1.165, 1.54) is 12.4 Å². The van der Waals surface area contributed by atoms with Gasteiger partial charge < -0.3 is 9.47 Å². The standard InChI is InChI=1S/C27H22F3N3O3/c28-27(29,30)25-31-11-17(12-32-25)16-9-18-13-35-14-19(10-16)33(18)26(34)36-15-24-22-7-3-1-5-20(22)21-6-2-4-8-23(21)24/h1-9,11-12,18-19,24H,10,13-15H2. The molecule has 36 heavy (non-hydrogen) atoms. The predicted molar refractivity (Wildman–Crippen MR) is 125 cm³/mol. The lowest BCUT2D eigenvalue weighted by atomic mass is 9.91. The topological polar surface area (TPSA) is 64.5 Å². The number of fused-ring (bicyclic) bond motifs is 5. The lowest BCUT2D eigenvalue weighted by Gasteiger charge is -2.43. The summed E-state index contributed by atoms with van der Waals surface area (Å²) < 4.78 is 50.0. The first-order valence-electron chi connectivity index (χ1n) is 11.7. The van der Waals surface area contributed by atoms with E-state index in [9.17, 15) is 18.0 Å². The van der Waals surface area contributed by atoms with E-state index in [-0.39, 0.29) is 31.2 Å². The van der Waals surface area contributed by atoms with Crippen LogP contribution in [0.15, 0.2) is 67.0 Å². The van der Waals surface area contributed by atoms with Crippen LogP contribution in [0.2, 0.25) is 0 Å². The van der Waals surface area contributed by atoms with Crippen molar-refractivity contribution in [3.63, 3.8) is 0 Å². The summed E-state index contributed by atoms with van der Waals surface area (Å²) in [5.74, 6) is -1.22. The minimum Gasteiger partial charge on any atom is -0.448 e. The second-order valence-electron chi connectivity index (χ2n) is 9.16. The van der Waals surface area contributed by atoms with Crippen molar-refractivity contribution in [3.8, 4) is 11.1 Å². The van der Waals surface area contributed by atoms with Crippen LogP contribution in [0.4, 0.5) is 18.0 Å². The minimum absolute atomic E-state index is 0.0439. The molecule has 9 heteroatoms. The number of amides is 1. The van der Waals surface area contributed by atoms with E-state index in [2.05, 4.69) is 34.2 Å². The lowest BCUT2D eigenvalue weighted by Crippen LogP contribution is -2.56. The first-order valence-corrected chi connectivity index (χ1v) is 11.7. The van der Waals surface area contributed by atoms with Crippen LogP contribution >= 0.6 is 0 Å². The molecule has 184 valence electrons. The van der Waals surface area contributed by atoms with Crippen molar-refractivity contribution in [1.29, 1.82) is 0 Å². The number of alkyl halides is 3. The van der Waals surface area contributed by atoms with Crippen LogP contribution in [0.1, 0.15) is 34.9 Å². The molecule has 1 fully saturated rings. The summed E-state index contributed by atoms with van der Waals surface area (Å²) in [5.41, 5.74) is 5.89. The highest BCUT2D eigenvalue weighted by Gasteiger charge is 2.40. The average molecular weight is 493 g/mol. The molecule has 3 aliphatic rings. The summed E-state index contributed by atoms with van der Waals surface area (Å²) in [6, 6.07) is 15.6. The average Bonchev–Trinajstić information content (AvgIpc) is 3.20. The van der Waals surface area contributed by atoms with Crippen molar-refractivity contribution in [2.75, 3.05) is 19.8 Å². The normalized spacial score (nSPS) is 21.0. The van der Waals surface area contributed by atoms with E-state index in [0.717, 1.165) is 27.8 Å². The molecular formula is C27H22F3N3O3. The van der Waals surface area contributed by atoms with Gasteiger partial charge in [0.15, 0.2) is 0 Å². The Labute approximate surface area is 205 Å². The molecule has 2 bridgehead atoms. The van der Waals surface area contributed by atoms with E-state index in [1.807, 2.05) is 30.3 Å². The lowest BCUT2D eigenvalue weighted by molar-refractivity contribution is -0.145. The number of halogens is 3. The molecule has 2 aromatic carbocycles. The van der Waals surface area contributed by atoms with Crippen LogP contribution in [0, 0.1) is 0 Å². The zero-order valence-corrected chi connectivity index (χ0v) is 19.1. The predicted octanol–water partition coefficient (Wildman–Crippen LogP) is 5.30. The van der Waals surface area contributed by atoms with E-state index in [4.69, 9.17) is 9.47 Å². The number of carbonyl (C=O) groups excluding carboxylic acids is 1. The third-order valence-electron chi connectivity index (χ3n) is 7.02. The van der Waals surface area contributed by atoms with Crippen molar-refractivity contribution in [2.24, 2.45) is 0 Å². The Morgan fingerprint density at radius 1 is 1.00 bits per heavy atom. The fourth-order valence-electron chi connectivity index (χ4n) is 5.40. The van der Waals surface area contributed by atoms with Gasteiger partial charge in [-0.25, -0.2) is 14.8 Å². The summed E-state index contributed by atoms with van der Waals surface area (Å²) in [5, 5.41) is 0. The Morgan fingerprint density at radius 2 is 1.64 bits per heavy atom.